The molecule has 2 atom stereocenters. The van der Waals surface area contributed by atoms with Crippen molar-refractivity contribution in [2.24, 2.45) is 0 Å². The quantitative estimate of drug-likeness (QED) is 0.163. The smallest absolute Gasteiger partial charge is 0.220 e. The van der Waals surface area contributed by atoms with Gasteiger partial charge in [-0.15, -0.1) is 0 Å². The van der Waals surface area contributed by atoms with Crippen LogP contribution in [0.5, 0.6) is 0 Å². The molecule has 7 nitrogen and oxygen atoms in total. The maximum Gasteiger partial charge on any atom is 0.220 e. The van der Waals surface area contributed by atoms with Crippen molar-refractivity contribution < 1.29 is 14.6 Å². The van der Waals surface area contributed by atoms with Crippen LogP contribution < -0.4 is 0 Å². The molecule has 0 bridgehead atoms. The minimum atomic E-state index is -0.885. The monoisotopic (exact) mass is 355 g/mol. The van der Waals surface area contributed by atoms with E-state index in [4.69, 9.17) is 0 Å². The molecule has 0 heterocycles. The Balaban J connectivity index is 4.26. The fraction of sp³-hybridized carbons (Fsp3) is 0.833. The van der Waals surface area contributed by atoms with Crippen LogP contribution in [0.4, 0.5) is 0 Å². The van der Waals surface area contributed by atoms with E-state index in [1.54, 1.807) is 6.29 Å². The van der Waals surface area contributed by atoms with Crippen LogP contribution in [0.15, 0.2) is 12.2 Å². The van der Waals surface area contributed by atoms with E-state index in [9.17, 15) is 25.0 Å². The van der Waals surface area contributed by atoms with Gasteiger partial charge in [-0.3, -0.25) is 25.0 Å². The fourth-order valence-corrected chi connectivity index (χ4v) is 2.72. The lowest BCUT2D eigenvalue weighted by atomic mass is 9.98. The van der Waals surface area contributed by atoms with Crippen LogP contribution in [0.3, 0.4) is 0 Å². The van der Waals surface area contributed by atoms with Gasteiger partial charge in [-0.1, -0.05) is 38.3 Å². The van der Waals surface area contributed by atoms with E-state index in [2.05, 4.69) is 6.92 Å². The van der Waals surface area contributed by atoms with E-state index >= 15 is 0 Å². The maximum atomic E-state index is 11.2. The molecule has 25 heavy (non-hydrogen) atoms. The third-order valence-corrected chi connectivity index (χ3v) is 4.26. The van der Waals surface area contributed by atoms with Gasteiger partial charge in [0.05, 0.1) is 6.42 Å². The molecule has 0 aliphatic heterocycles. The highest BCUT2D eigenvalue weighted by atomic mass is 16.6. The van der Waals surface area contributed by atoms with E-state index in [-0.39, 0.29) is 11.3 Å². The summed E-state index contributed by atoms with van der Waals surface area (Å²) in [6, 6.07) is -1.76. The number of carbonyl (C=O) groups excluding carboxylic acids is 1. The summed E-state index contributed by atoms with van der Waals surface area (Å²) < 4.78 is 0. The van der Waals surface area contributed by atoms with Gasteiger partial charge in [0.1, 0.15) is 0 Å². The highest BCUT2D eigenvalue weighted by Gasteiger charge is 2.30. The van der Waals surface area contributed by atoms with Gasteiger partial charge >= 0.3 is 0 Å². The lowest BCUT2D eigenvalue weighted by Gasteiger charge is -2.12. The summed E-state index contributed by atoms with van der Waals surface area (Å²) in [6.45, 7) is 2.14. The minimum absolute atomic E-state index is 0.0243. The van der Waals surface area contributed by atoms with Gasteiger partial charge in [-0.2, -0.15) is 0 Å². The van der Waals surface area contributed by atoms with Crippen LogP contribution in [-0.2, 0) is 4.79 Å². The van der Waals surface area contributed by atoms with Crippen molar-refractivity contribution in [2.75, 3.05) is 0 Å². The molecule has 0 saturated carbocycles. The molecule has 0 spiro atoms. The largest absolute Gasteiger partial charge is 0.291 e. The van der Waals surface area contributed by atoms with Crippen molar-refractivity contribution >= 4 is 6.29 Å². The van der Waals surface area contributed by atoms with Gasteiger partial charge < -0.3 is 0 Å². The van der Waals surface area contributed by atoms with Crippen molar-refractivity contribution in [3.05, 3.63) is 32.4 Å². The van der Waals surface area contributed by atoms with Crippen molar-refractivity contribution in [1.29, 1.82) is 0 Å². The molecule has 0 amide bonds. The number of unbranched alkanes of at least 4 members (excludes halogenated alkanes) is 6. The van der Waals surface area contributed by atoms with Crippen molar-refractivity contribution in [3.63, 3.8) is 0 Å². The maximum absolute atomic E-state index is 11.2. The minimum Gasteiger partial charge on any atom is -0.291 e. The SMILES string of the molecule is CCCCC/C=C/CCC(CC(CCCCC[C]=O)[N+](=O)[O-])[N+](=O)[O-]. The molecule has 1 radical (unpaired) electrons. The van der Waals surface area contributed by atoms with E-state index in [0.29, 0.717) is 44.9 Å². The lowest BCUT2D eigenvalue weighted by molar-refractivity contribution is -0.561. The second-order valence-electron chi connectivity index (χ2n) is 6.40. The fourth-order valence-electron chi connectivity index (χ4n) is 2.72. The second kappa shape index (κ2) is 15.7. The topological polar surface area (TPSA) is 103 Å². The average Bonchev–Trinajstić information content (AvgIpc) is 2.57. The predicted molar refractivity (Wildman–Crippen MR) is 97.5 cm³/mol. The van der Waals surface area contributed by atoms with E-state index in [0.717, 1.165) is 19.3 Å². The average molecular weight is 355 g/mol. The summed E-state index contributed by atoms with van der Waals surface area (Å²) in [7, 11) is 0. The Labute approximate surface area is 150 Å². The Bertz CT molecular complexity index is 412. The second-order valence-corrected chi connectivity index (χ2v) is 6.40. The Kier molecular flexibility index (Phi) is 14.6. The van der Waals surface area contributed by atoms with Gasteiger partial charge in [0.25, 0.3) is 0 Å². The molecule has 0 saturated heterocycles. The third kappa shape index (κ3) is 13.2. The summed E-state index contributed by atoms with van der Waals surface area (Å²) in [4.78, 5) is 31.7. The van der Waals surface area contributed by atoms with Crippen LogP contribution in [0.25, 0.3) is 0 Å². The van der Waals surface area contributed by atoms with Crippen LogP contribution in [0.1, 0.15) is 84.0 Å². The van der Waals surface area contributed by atoms with Crippen LogP contribution in [0, 0.1) is 20.2 Å². The molecular weight excluding hydrogens is 324 g/mol. The first kappa shape index (κ1) is 23.2. The normalized spacial score (nSPS) is 13.6. The van der Waals surface area contributed by atoms with Gasteiger partial charge in [0.15, 0.2) is 6.29 Å². The standard InChI is InChI=1S/C18H31N2O5/c1-2-3-4-5-6-7-10-13-17(19(22)23)16-18(20(24)25)14-11-8-9-12-15-21/h6-7,17-18H,2-5,8-14,16H2,1H3/b7-6+. The van der Waals surface area contributed by atoms with E-state index in [1.165, 1.54) is 6.42 Å². The van der Waals surface area contributed by atoms with Gasteiger partial charge in [-0.05, 0) is 32.1 Å². The van der Waals surface area contributed by atoms with Crippen molar-refractivity contribution in [1.82, 2.24) is 0 Å². The Morgan fingerprint density at radius 2 is 1.52 bits per heavy atom. The molecule has 0 rings (SSSR count). The summed E-state index contributed by atoms with van der Waals surface area (Å²) in [6.07, 6.45) is 13.8. The molecule has 0 fully saturated rings. The molecule has 0 N–H and O–H groups in total. The zero-order valence-electron chi connectivity index (χ0n) is 15.2. The highest BCUT2D eigenvalue weighted by Crippen LogP contribution is 2.17. The van der Waals surface area contributed by atoms with Crippen molar-refractivity contribution in [3.8, 4) is 0 Å². The molecule has 7 heteroatoms. The Morgan fingerprint density at radius 3 is 2.12 bits per heavy atom. The number of rotatable bonds is 17. The number of hydrogen-bond donors (Lipinski definition) is 0. The first-order chi connectivity index (χ1) is 12.0. The molecular formula is C18H31N2O5. The van der Waals surface area contributed by atoms with Crippen LogP contribution >= 0.6 is 0 Å². The Morgan fingerprint density at radius 1 is 0.880 bits per heavy atom. The molecule has 0 aromatic carbocycles. The summed E-state index contributed by atoms with van der Waals surface area (Å²) >= 11 is 0. The predicted octanol–water partition coefficient (Wildman–Crippen LogP) is 4.64. The lowest BCUT2D eigenvalue weighted by Crippen LogP contribution is -2.30. The summed E-state index contributed by atoms with van der Waals surface area (Å²) in [5, 5.41) is 22.4. The van der Waals surface area contributed by atoms with Crippen LogP contribution in [-0.4, -0.2) is 28.2 Å². The molecule has 143 valence electrons. The summed E-state index contributed by atoms with van der Waals surface area (Å²) in [5.74, 6) is 0. The first-order valence-electron chi connectivity index (χ1n) is 9.29. The van der Waals surface area contributed by atoms with Crippen molar-refractivity contribution in [2.45, 2.75) is 96.1 Å². The molecule has 0 aromatic heterocycles. The van der Waals surface area contributed by atoms with Gasteiger partial charge in [0, 0.05) is 29.1 Å². The number of hydrogen-bond acceptors (Lipinski definition) is 5. The number of nitrogens with zero attached hydrogens (tertiary/aromatic N) is 2. The van der Waals surface area contributed by atoms with Crippen LogP contribution in [0.2, 0.25) is 0 Å². The molecule has 0 aromatic rings. The summed E-state index contributed by atoms with van der Waals surface area (Å²) in [5.41, 5.74) is 0. The van der Waals surface area contributed by atoms with E-state index < -0.39 is 17.0 Å². The highest BCUT2D eigenvalue weighted by molar-refractivity contribution is 5.50. The number of allylic oxidation sites excluding steroid dienone is 2. The third-order valence-electron chi connectivity index (χ3n) is 4.26. The molecule has 2 unspecified atom stereocenters. The Hall–Kier alpha value is -1.79. The number of nitro groups is 2. The molecule has 0 aliphatic rings. The van der Waals surface area contributed by atoms with E-state index in [1.807, 2.05) is 12.2 Å². The van der Waals surface area contributed by atoms with Gasteiger partial charge in [0.2, 0.25) is 12.1 Å². The molecule has 0 aliphatic carbocycles. The zero-order chi connectivity index (χ0) is 18.9. The zero-order valence-corrected chi connectivity index (χ0v) is 15.2. The van der Waals surface area contributed by atoms with Gasteiger partial charge in [-0.25, -0.2) is 0 Å². The first-order valence-corrected chi connectivity index (χ1v) is 9.29.